The minimum Gasteiger partial charge on any atom is -0.355 e. The minimum atomic E-state index is -0.121. The number of hydrogen-bond donors (Lipinski definition) is 1. The van der Waals surface area contributed by atoms with Gasteiger partial charge in [0.25, 0.3) is 0 Å². The molecule has 0 saturated heterocycles. The van der Waals surface area contributed by atoms with E-state index in [1.807, 2.05) is 42.5 Å². The standard InChI is InChI=1S/C27H19NO2/c29-26-21-9-4-5-10-22(21)27(30)25-23(26)11-6-12-24(25)28-20-15-13-19(14-16-20)17-18-7-2-1-3-8-18/h1-16,28H,17H2. The first-order valence-electron chi connectivity index (χ1n) is 9.92. The van der Waals surface area contributed by atoms with Gasteiger partial charge in [-0.1, -0.05) is 78.9 Å². The summed E-state index contributed by atoms with van der Waals surface area (Å²) < 4.78 is 0. The van der Waals surface area contributed by atoms with Crippen molar-refractivity contribution in [3.05, 3.63) is 130 Å². The van der Waals surface area contributed by atoms with Gasteiger partial charge in [-0.15, -0.1) is 0 Å². The molecular weight excluding hydrogens is 370 g/mol. The van der Waals surface area contributed by atoms with Crippen molar-refractivity contribution in [2.45, 2.75) is 6.42 Å². The Balaban J connectivity index is 1.44. The van der Waals surface area contributed by atoms with Crippen LogP contribution in [0.2, 0.25) is 0 Å². The Morgan fingerprint density at radius 2 is 1.13 bits per heavy atom. The van der Waals surface area contributed by atoms with Gasteiger partial charge in [-0.2, -0.15) is 0 Å². The first kappa shape index (κ1) is 18.1. The molecule has 3 nitrogen and oxygen atoms in total. The first-order valence-corrected chi connectivity index (χ1v) is 9.92. The molecule has 0 bridgehead atoms. The molecule has 4 aromatic rings. The van der Waals surface area contributed by atoms with Crippen molar-refractivity contribution < 1.29 is 9.59 Å². The number of anilines is 2. The van der Waals surface area contributed by atoms with Gasteiger partial charge in [0, 0.05) is 22.4 Å². The molecule has 1 N–H and O–H groups in total. The van der Waals surface area contributed by atoms with Crippen LogP contribution in [-0.4, -0.2) is 11.6 Å². The lowest BCUT2D eigenvalue weighted by atomic mass is 9.83. The molecule has 1 aliphatic rings. The van der Waals surface area contributed by atoms with Crippen molar-refractivity contribution in [2.24, 2.45) is 0 Å². The lowest BCUT2D eigenvalue weighted by Gasteiger charge is -2.20. The Hall–Kier alpha value is -3.98. The number of fused-ring (bicyclic) bond motifs is 2. The third-order valence-electron chi connectivity index (χ3n) is 5.44. The quantitative estimate of drug-likeness (QED) is 0.423. The van der Waals surface area contributed by atoms with Crippen LogP contribution in [0.3, 0.4) is 0 Å². The van der Waals surface area contributed by atoms with Crippen LogP contribution in [0.1, 0.15) is 43.0 Å². The fourth-order valence-electron chi connectivity index (χ4n) is 3.94. The average Bonchev–Trinajstić information content (AvgIpc) is 2.79. The van der Waals surface area contributed by atoms with E-state index < -0.39 is 0 Å². The number of benzene rings is 4. The van der Waals surface area contributed by atoms with Crippen molar-refractivity contribution in [3.8, 4) is 0 Å². The predicted molar refractivity (Wildman–Crippen MR) is 119 cm³/mol. The van der Waals surface area contributed by atoms with Crippen molar-refractivity contribution in [2.75, 3.05) is 5.32 Å². The smallest absolute Gasteiger partial charge is 0.196 e. The molecule has 0 heterocycles. The second kappa shape index (κ2) is 7.45. The Labute approximate surface area is 175 Å². The number of carbonyl (C=O) groups is 2. The summed E-state index contributed by atoms with van der Waals surface area (Å²) in [7, 11) is 0. The van der Waals surface area contributed by atoms with Crippen molar-refractivity contribution in [1.29, 1.82) is 0 Å². The Morgan fingerprint density at radius 3 is 1.87 bits per heavy atom. The second-order valence-corrected chi connectivity index (χ2v) is 7.42. The fourth-order valence-corrected chi connectivity index (χ4v) is 3.94. The molecule has 0 spiro atoms. The lowest BCUT2D eigenvalue weighted by molar-refractivity contribution is 0.0979. The van der Waals surface area contributed by atoms with Gasteiger partial charge in [0.05, 0.1) is 11.3 Å². The molecule has 30 heavy (non-hydrogen) atoms. The molecule has 3 heteroatoms. The van der Waals surface area contributed by atoms with Gasteiger partial charge in [0.2, 0.25) is 0 Å². The zero-order valence-corrected chi connectivity index (χ0v) is 16.3. The summed E-state index contributed by atoms with van der Waals surface area (Å²) in [6, 6.07) is 30.9. The van der Waals surface area contributed by atoms with Crippen molar-refractivity contribution in [3.63, 3.8) is 0 Å². The third-order valence-corrected chi connectivity index (χ3v) is 5.44. The van der Waals surface area contributed by atoms with E-state index >= 15 is 0 Å². The lowest BCUT2D eigenvalue weighted by Crippen LogP contribution is -2.22. The van der Waals surface area contributed by atoms with E-state index in [0.717, 1.165) is 12.1 Å². The van der Waals surface area contributed by atoms with E-state index in [1.54, 1.807) is 30.3 Å². The van der Waals surface area contributed by atoms with Gasteiger partial charge in [-0.3, -0.25) is 9.59 Å². The summed E-state index contributed by atoms with van der Waals surface area (Å²) in [6.07, 6.45) is 0.867. The molecule has 0 saturated carbocycles. The summed E-state index contributed by atoms with van der Waals surface area (Å²) in [5, 5.41) is 3.33. The molecular formula is C27H19NO2. The van der Waals surface area contributed by atoms with Crippen molar-refractivity contribution >= 4 is 22.9 Å². The van der Waals surface area contributed by atoms with Crippen molar-refractivity contribution in [1.82, 2.24) is 0 Å². The SMILES string of the molecule is O=C1c2ccccc2C(=O)c2c(Nc3ccc(Cc4ccccc4)cc3)cccc21. The predicted octanol–water partition coefficient (Wildman–Crippen LogP) is 5.80. The van der Waals surface area contributed by atoms with Gasteiger partial charge < -0.3 is 5.32 Å². The van der Waals surface area contributed by atoms with Crippen LogP contribution < -0.4 is 5.32 Å². The van der Waals surface area contributed by atoms with E-state index in [9.17, 15) is 9.59 Å². The molecule has 1 aliphatic carbocycles. The van der Waals surface area contributed by atoms with Gasteiger partial charge in [-0.05, 0) is 35.7 Å². The Morgan fingerprint density at radius 1 is 0.533 bits per heavy atom. The maximum absolute atomic E-state index is 13.1. The molecule has 0 fully saturated rings. The Kier molecular flexibility index (Phi) is 4.49. The fraction of sp³-hybridized carbons (Fsp3) is 0.0370. The summed E-state index contributed by atoms with van der Waals surface area (Å²) in [5.41, 5.74) is 5.81. The maximum atomic E-state index is 13.1. The van der Waals surface area contributed by atoms with E-state index in [0.29, 0.717) is 27.9 Å². The summed E-state index contributed by atoms with van der Waals surface area (Å²) in [5.74, 6) is -0.231. The van der Waals surface area contributed by atoms with E-state index in [1.165, 1.54) is 11.1 Å². The molecule has 0 unspecified atom stereocenters. The van der Waals surface area contributed by atoms with Crippen LogP contribution >= 0.6 is 0 Å². The molecule has 144 valence electrons. The number of rotatable bonds is 4. The highest BCUT2D eigenvalue weighted by molar-refractivity contribution is 6.30. The highest BCUT2D eigenvalue weighted by Gasteiger charge is 2.31. The highest BCUT2D eigenvalue weighted by atomic mass is 16.1. The Bertz CT molecular complexity index is 1260. The maximum Gasteiger partial charge on any atom is 0.196 e. The third kappa shape index (κ3) is 3.20. The average molecular weight is 389 g/mol. The monoisotopic (exact) mass is 389 g/mol. The molecule has 4 aromatic carbocycles. The highest BCUT2D eigenvalue weighted by Crippen LogP contribution is 2.33. The van der Waals surface area contributed by atoms with Gasteiger partial charge in [-0.25, -0.2) is 0 Å². The molecule has 5 rings (SSSR count). The van der Waals surface area contributed by atoms with Crippen LogP contribution in [0.25, 0.3) is 0 Å². The van der Waals surface area contributed by atoms with E-state index in [4.69, 9.17) is 0 Å². The summed E-state index contributed by atoms with van der Waals surface area (Å²) >= 11 is 0. The number of ketones is 2. The van der Waals surface area contributed by atoms with Crippen LogP contribution in [0, 0.1) is 0 Å². The summed E-state index contributed by atoms with van der Waals surface area (Å²) in [4.78, 5) is 26.0. The molecule has 0 aliphatic heterocycles. The molecule has 0 amide bonds. The van der Waals surface area contributed by atoms with Crippen LogP contribution in [0.15, 0.2) is 97.1 Å². The van der Waals surface area contributed by atoms with Gasteiger partial charge in [0.1, 0.15) is 0 Å². The van der Waals surface area contributed by atoms with Crippen LogP contribution in [-0.2, 0) is 6.42 Å². The van der Waals surface area contributed by atoms with E-state index in [-0.39, 0.29) is 11.6 Å². The van der Waals surface area contributed by atoms with Crippen LogP contribution in [0.4, 0.5) is 11.4 Å². The van der Waals surface area contributed by atoms with Gasteiger partial charge in [0.15, 0.2) is 11.6 Å². The normalized spacial score (nSPS) is 12.3. The van der Waals surface area contributed by atoms with Gasteiger partial charge >= 0.3 is 0 Å². The number of nitrogens with one attached hydrogen (secondary N) is 1. The van der Waals surface area contributed by atoms with Crippen LogP contribution in [0.5, 0.6) is 0 Å². The molecule has 0 radical (unpaired) electrons. The van der Waals surface area contributed by atoms with E-state index in [2.05, 4.69) is 29.6 Å². The minimum absolute atomic E-state index is 0.109. The zero-order chi connectivity index (χ0) is 20.5. The largest absolute Gasteiger partial charge is 0.355 e. The summed E-state index contributed by atoms with van der Waals surface area (Å²) in [6.45, 7) is 0. The number of hydrogen-bond acceptors (Lipinski definition) is 3. The second-order valence-electron chi connectivity index (χ2n) is 7.42. The molecule has 0 atom stereocenters. The zero-order valence-electron chi connectivity index (χ0n) is 16.3. The number of carbonyl (C=O) groups excluding carboxylic acids is 2. The topological polar surface area (TPSA) is 46.2 Å². The molecule has 0 aromatic heterocycles. The first-order chi connectivity index (χ1) is 14.7.